The molecule has 0 atom stereocenters. The molecule has 1 aromatic heterocycles. The van der Waals surface area contributed by atoms with Gasteiger partial charge in [-0.05, 0) is 36.1 Å². The highest BCUT2D eigenvalue weighted by atomic mass is 32.2. The van der Waals surface area contributed by atoms with Crippen LogP contribution in [-0.4, -0.2) is 26.3 Å². The first-order valence-electron chi connectivity index (χ1n) is 7.22. The first-order valence-corrected chi connectivity index (χ1v) is 10.5. The Labute approximate surface area is 149 Å². The van der Waals surface area contributed by atoms with E-state index in [-0.39, 0.29) is 4.90 Å². The highest BCUT2D eigenvalue weighted by Crippen LogP contribution is 2.31. The molecule has 1 N–H and O–H groups in total. The van der Waals surface area contributed by atoms with Crippen LogP contribution in [0.1, 0.15) is 6.92 Å². The third-order valence-corrected chi connectivity index (χ3v) is 6.66. The summed E-state index contributed by atoms with van der Waals surface area (Å²) >= 11 is 3.24. The number of nitrogens with one attached hydrogen (secondary N) is 1. The number of nitrogens with zero attached hydrogens (tertiary/aromatic N) is 1. The molecule has 0 radical (unpaired) electrons. The maximum Gasteiger partial charge on any atom is 0.262 e. The van der Waals surface area contributed by atoms with Crippen molar-refractivity contribution in [1.29, 1.82) is 0 Å². The normalized spacial score (nSPS) is 11.6. The monoisotopic (exact) mass is 380 g/mol. The summed E-state index contributed by atoms with van der Waals surface area (Å²) in [6.45, 7) is 2.07. The van der Waals surface area contributed by atoms with Crippen molar-refractivity contribution in [3.63, 3.8) is 0 Å². The number of hydrogen-bond donors (Lipinski definition) is 1. The minimum Gasteiger partial charge on any atom is -0.497 e. The van der Waals surface area contributed by atoms with E-state index in [1.54, 1.807) is 41.3 Å². The molecule has 5 nitrogen and oxygen atoms in total. The number of methoxy groups -OCH3 is 1. The number of aromatic nitrogens is 1. The standard InChI is InChI=1S/C16H16N2O3S3/c1-3-22-16-17-14-8-7-11(9-15(14)23-16)18-24(19,20)13-6-4-5-12(10-13)21-2/h4-10,18H,3H2,1-2H3. The smallest absolute Gasteiger partial charge is 0.262 e. The summed E-state index contributed by atoms with van der Waals surface area (Å²) in [5, 5.41) is 0. The molecule has 1 heterocycles. The molecule has 0 bridgehead atoms. The predicted molar refractivity (Wildman–Crippen MR) is 99.8 cm³/mol. The summed E-state index contributed by atoms with van der Waals surface area (Å²) in [5.74, 6) is 1.45. The lowest BCUT2D eigenvalue weighted by Gasteiger charge is -2.09. The van der Waals surface area contributed by atoms with Gasteiger partial charge in [0.25, 0.3) is 10.0 Å². The average molecular weight is 381 g/mol. The Kier molecular flexibility index (Phi) is 4.98. The van der Waals surface area contributed by atoms with E-state index in [0.29, 0.717) is 11.4 Å². The summed E-state index contributed by atoms with van der Waals surface area (Å²) in [4.78, 5) is 4.67. The Morgan fingerprint density at radius 1 is 1.25 bits per heavy atom. The molecule has 0 aliphatic heterocycles. The van der Waals surface area contributed by atoms with Crippen LogP contribution in [-0.2, 0) is 10.0 Å². The van der Waals surface area contributed by atoms with Crippen LogP contribution < -0.4 is 9.46 Å². The van der Waals surface area contributed by atoms with Crippen molar-refractivity contribution in [2.24, 2.45) is 0 Å². The number of anilines is 1. The Morgan fingerprint density at radius 3 is 2.83 bits per heavy atom. The number of ether oxygens (including phenoxy) is 1. The van der Waals surface area contributed by atoms with E-state index < -0.39 is 10.0 Å². The van der Waals surface area contributed by atoms with Crippen LogP contribution in [0, 0.1) is 0 Å². The van der Waals surface area contributed by atoms with Gasteiger partial charge >= 0.3 is 0 Å². The fraction of sp³-hybridized carbons (Fsp3) is 0.188. The zero-order chi connectivity index (χ0) is 17.2. The van der Waals surface area contributed by atoms with Gasteiger partial charge in [0, 0.05) is 6.07 Å². The molecule has 24 heavy (non-hydrogen) atoms. The highest BCUT2D eigenvalue weighted by molar-refractivity contribution is 8.01. The van der Waals surface area contributed by atoms with E-state index in [9.17, 15) is 8.42 Å². The van der Waals surface area contributed by atoms with E-state index in [0.717, 1.165) is 20.3 Å². The Balaban J connectivity index is 1.90. The minimum absolute atomic E-state index is 0.161. The predicted octanol–water partition coefficient (Wildman–Crippen LogP) is 4.22. The SMILES string of the molecule is CCSc1nc2ccc(NS(=O)(=O)c3cccc(OC)c3)cc2s1. The second-order valence-corrected chi connectivity index (χ2v) is 9.10. The molecule has 0 aliphatic carbocycles. The molecule has 0 unspecified atom stereocenters. The highest BCUT2D eigenvalue weighted by Gasteiger charge is 2.15. The second kappa shape index (κ2) is 7.00. The zero-order valence-electron chi connectivity index (χ0n) is 13.1. The summed E-state index contributed by atoms with van der Waals surface area (Å²) < 4.78 is 34.7. The van der Waals surface area contributed by atoms with Crippen molar-refractivity contribution >= 4 is 49.0 Å². The summed E-state index contributed by atoms with van der Waals surface area (Å²) in [7, 11) is -2.17. The van der Waals surface area contributed by atoms with Gasteiger partial charge in [-0.1, -0.05) is 24.8 Å². The fourth-order valence-corrected chi connectivity index (χ4v) is 5.22. The lowest BCUT2D eigenvalue weighted by Crippen LogP contribution is -2.12. The molecule has 2 aromatic carbocycles. The van der Waals surface area contributed by atoms with Crippen molar-refractivity contribution in [3.8, 4) is 5.75 Å². The third-order valence-electron chi connectivity index (χ3n) is 3.24. The molecule has 0 fully saturated rings. The molecule has 0 spiro atoms. The molecule has 0 aliphatic rings. The van der Waals surface area contributed by atoms with Crippen LogP contribution in [0.4, 0.5) is 5.69 Å². The van der Waals surface area contributed by atoms with Crippen LogP contribution in [0.15, 0.2) is 51.7 Å². The number of thioether (sulfide) groups is 1. The topological polar surface area (TPSA) is 68.3 Å². The zero-order valence-corrected chi connectivity index (χ0v) is 15.6. The Hall–Kier alpha value is -1.77. The van der Waals surface area contributed by atoms with Crippen LogP contribution in [0.25, 0.3) is 10.2 Å². The van der Waals surface area contributed by atoms with E-state index in [1.165, 1.54) is 19.2 Å². The first kappa shape index (κ1) is 17.1. The summed E-state index contributed by atoms with van der Waals surface area (Å²) in [6, 6.07) is 11.7. The van der Waals surface area contributed by atoms with E-state index >= 15 is 0 Å². The third kappa shape index (κ3) is 3.66. The van der Waals surface area contributed by atoms with Gasteiger partial charge in [0.1, 0.15) is 5.75 Å². The molecule has 0 saturated carbocycles. The summed E-state index contributed by atoms with van der Waals surface area (Å²) in [6.07, 6.45) is 0. The minimum atomic E-state index is -3.67. The van der Waals surface area contributed by atoms with Crippen LogP contribution in [0.2, 0.25) is 0 Å². The Bertz CT molecular complexity index is 968. The number of benzene rings is 2. The lowest BCUT2D eigenvalue weighted by molar-refractivity contribution is 0.413. The van der Waals surface area contributed by atoms with E-state index in [4.69, 9.17) is 4.74 Å². The number of thiazole rings is 1. The second-order valence-electron chi connectivity index (χ2n) is 4.88. The van der Waals surface area contributed by atoms with E-state index in [2.05, 4.69) is 16.6 Å². The largest absolute Gasteiger partial charge is 0.497 e. The van der Waals surface area contributed by atoms with Crippen molar-refractivity contribution in [3.05, 3.63) is 42.5 Å². The van der Waals surface area contributed by atoms with Crippen molar-refractivity contribution in [2.45, 2.75) is 16.2 Å². The molecule has 8 heteroatoms. The maximum atomic E-state index is 12.5. The van der Waals surface area contributed by atoms with Gasteiger partial charge in [0.05, 0.1) is 27.9 Å². The van der Waals surface area contributed by atoms with Gasteiger partial charge < -0.3 is 4.74 Å². The molecule has 126 valence electrons. The van der Waals surface area contributed by atoms with Crippen molar-refractivity contribution in [2.75, 3.05) is 17.6 Å². The maximum absolute atomic E-state index is 12.5. The number of fused-ring (bicyclic) bond motifs is 1. The first-order chi connectivity index (χ1) is 11.5. The Morgan fingerprint density at radius 2 is 2.08 bits per heavy atom. The van der Waals surface area contributed by atoms with Gasteiger partial charge in [-0.25, -0.2) is 13.4 Å². The lowest BCUT2D eigenvalue weighted by atomic mass is 10.3. The van der Waals surface area contributed by atoms with Gasteiger partial charge in [0.15, 0.2) is 4.34 Å². The molecule has 3 aromatic rings. The van der Waals surface area contributed by atoms with Gasteiger partial charge in [0.2, 0.25) is 0 Å². The van der Waals surface area contributed by atoms with Gasteiger partial charge in [-0.3, -0.25) is 4.72 Å². The number of rotatable bonds is 6. The van der Waals surface area contributed by atoms with Gasteiger partial charge in [-0.15, -0.1) is 11.3 Å². The summed E-state index contributed by atoms with van der Waals surface area (Å²) in [5.41, 5.74) is 1.39. The van der Waals surface area contributed by atoms with Crippen LogP contribution in [0.3, 0.4) is 0 Å². The average Bonchev–Trinajstić information content (AvgIpc) is 2.96. The fourth-order valence-electron chi connectivity index (χ4n) is 2.13. The molecule has 0 amide bonds. The molecular weight excluding hydrogens is 364 g/mol. The van der Waals surface area contributed by atoms with E-state index in [1.807, 2.05) is 12.1 Å². The number of hydrogen-bond acceptors (Lipinski definition) is 6. The quantitative estimate of drug-likeness (QED) is 0.649. The molecular formula is C16H16N2O3S3. The molecule has 3 rings (SSSR count). The van der Waals surface area contributed by atoms with Crippen molar-refractivity contribution < 1.29 is 13.2 Å². The van der Waals surface area contributed by atoms with Crippen molar-refractivity contribution in [1.82, 2.24) is 4.98 Å². The van der Waals surface area contributed by atoms with Crippen LogP contribution in [0.5, 0.6) is 5.75 Å². The van der Waals surface area contributed by atoms with Crippen LogP contribution >= 0.6 is 23.1 Å². The molecule has 0 saturated heterocycles. The van der Waals surface area contributed by atoms with Gasteiger partial charge in [-0.2, -0.15) is 0 Å². The number of sulfonamides is 1.